The van der Waals surface area contributed by atoms with Crippen LogP contribution in [-0.4, -0.2) is 44.6 Å². The molecule has 0 unspecified atom stereocenters. The molecule has 0 spiro atoms. The van der Waals surface area contributed by atoms with Crippen LogP contribution in [0.3, 0.4) is 0 Å². The Bertz CT molecular complexity index is 1330. The zero-order valence-electron chi connectivity index (χ0n) is 18.1. The van der Waals surface area contributed by atoms with Crippen LogP contribution in [-0.2, 0) is 16.5 Å². The number of nitrogens with two attached hydrogens (primary N) is 1. The van der Waals surface area contributed by atoms with E-state index in [4.69, 9.17) is 10.8 Å². The second-order valence-corrected chi connectivity index (χ2v) is 8.11. The molecule has 2 aromatic carbocycles. The predicted molar refractivity (Wildman–Crippen MR) is 113 cm³/mol. The van der Waals surface area contributed by atoms with Crippen molar-refractivity contribution in [2.24, 2.45) is 10.7 Å². The number of aryl methyl sites for hydroxylation is 1. The molecule has 0 bridgehead atoms. The van der Waals surface area contributed by atoms with E-state index >= 15 is 4.39 Å². The minimum atomic E-state index is -5.06. The molecule has 1 aliphatic rings. The van der Waals surface area contributed by atoms with Gasteiger partial charge in [-0.15, -0.1) is 0 Å². The summed E-state index contributed by atoms with van der Waals surface area (Å²) in [5.74, 6) is -3.18. The first-order chi connectivity index (χ1) is 15.9. The van der Waals surface area contributed by atoms with Crippen LogP contribution in [0.15, 0.2) is 35.3 Å². The number of amides is 1. The summed E-state index contributed by atoms with van der Waals surface area (Å²) < 4.78 is 72.3. The van der Waals surface area contributed by atoms with Gasteiger partial charge >= 0.3 is 6.18 Å². The SMILES string of the molecule is Cc1nc2ccc(F)c(C(F)(F)F)c2n1-c1cccc([C@]2(C)CC(=O)N(CCO)C(N)=N2)c1F. The average molecular weight is 481 g/mol. The van der Waals surface area contributed by atoms with Crippen LogP contribution < -0.4 is 5.73 Å². The molecular weight excluding hydrogens is 461 g/mol. The van der Waals surface area contributed by atoms with Crippen molar-refractivity contribution in [2.45, 2.75) is 32.0 Å². The molecule has 180 valence electrons. The Morgan fingerprint density at radius 2 is 1.91 bits per heavy atom. The van der Waals surface area contributed by atoms with Crippen molar-refractivity contribution in [1.82, 2.24) is 14.5 Å². The van der Waals surface area contributed by atoms with Crippen LogP contribution in [0.25, 0.3) is 16.7 Å². The highest BCUT2D eigenvalue weighted by molar-refractivity contribution is 5.99. The van der Waals surface area contributed by atoms with E-state index < -0.39 is 40.3 Å². The number of aliphatic imine (C=N–C) groups is 1. The molecule has 0 radical (unpaired) electrons. The summed E-state index contributed by atoms with van der Waals surface area (Å²) in [6.45, 7) is 2.40. The van der Waals surface area contributed by atoms with Gasteiger partial charge in [0.15, 0.2) is 11.8 Å². The lowest BCUT2D eigenvalue weighted by Gasteiger charge is -2.35. The topological polar surface area (TPSA) is 96.7 Å². The van der Waals surface area contributed by atoms with E-state index in [1.807, 2.05) is 0 Å². The lowest BCUT2D eigenvalue weighted by molar-refractivity contribution is -0.138. The third-order valence-corrected chi connectivity index (χ3v) is 5.78. The number of hydrogen-bond acceptors (Lipinski definition) is 5. The second-order valence-electron chi connectivity index (χ2n) is 8.11. The first-order valence-corrected chi connectivity index (χ1v) is 10.2. The van der Waals surface area contributed by atoms with Crippen molar-refractivity contribution in [3.8, 4) is 5.69 Å². The largest absolute Gasteiger partial charge is 0.421 e. The number of aromatic nitrogens is 2. The number of carbonyl (C=O) groups is 1. The van der Waals surface area contributed by atoms with E-state index in [0.29, 0.717) is 6.07 Å². The monoisotopic (exact) mass is 481 g/mol. The fourth-order valence-electron chi connectivity index (χ4n) is 4.30. The number of alkyl halides is 3. The van der Waals surface area contributed by atoms with E-state index in [9.17, 15) is 22.4 Å². The second kappa shape index (κ2) is 8.05. The van der Waals surface area contributed by atoms with Crippen molar-refractivity contribution in [3.63, 3.8) is 0 Å². The molecule has 0 saturated carbocycles. The van der Waals surface area contributed by atoms with E-state index in [1.54, 1.807) is 0 Å². The highest BCUT2D eigenvalue weighted by Gasteiger charge is 2.41. The van der Waals surface area contributed by atoms with Crippen molar-refractivity contribution in [2.75, 3.05) is 13.2 Å². The Morgan fingerprint density at radius 1 is 1.21 bits per heavy atom. The third kappa shape index (κ3) is 3.67. The number of fused-ring (bicyclic) bond motifs is 1. The number of β-amino-alcohol motifs (C(OH)–C–C–N with tert-alkyl or cyclic N) is 1. The van der Waals surface area contributed by atoms with Crippen molar-refractivity contribution in [1.29, 1.82) is 0 Å². The van der Waals surface area contributed by atoms with Gasteiger partial charge < -0.3 is 10.8 Å². The number of halogens is 5. The number of benzene rings is 2. The Kier molecular flexibility index (Phi) is 5.59. The molecule has 3 aromatic rings. The quantitative estimate of drug-likeness (QED) is 0.559. The van der Waals surface area contributed by atoms with Crippen LogP contribution in [0.2, 0.25) is 0 Å². The van der Waals surface area contributed by atoms with Crippen LogP contribution in [0, 0.1) is 18.6 Å². The number of guanidine groups is 1. The van der Waals surface area contributed by atoms with Crippen LogP contribution in [0.1, 0.15) is 30.3 Å². The lowest BCUT2D eigenvalue weighted by atomic mass is 9.86. The molecule has 1 aromatic heterocycles. The molecular formula is C22H20F5N5O2. The van der Waals surface area contributed by atoms with Gasteiger partial charge in [0.1, 0.15) is 17.2 Å². The number of nitrogens with zero attached hydrogens (tertiary/aromatic N) is 4. The van der Waals surface area contributed by atoms with Gasteiger partial charge in [-0.2, -0.15) is 13.2 Å². The summed E-state index contributed by atoms with van der Waals surface area (Å²) in [7, 11) is 0. The normalized spacial score (nSPS) is 19.1. The van der Waals surface area contributed by atoms with Gasteiger partial charge in [0.05, 0.1) is 41.8 Å². The molecule has 0 fully saturated rings. The summed E-state index contributed by atoms with van der Waals surface area (Å²) >= 11 is 0. The van der Waals surface area contributed by atoms with Crippen LogP contribution in [0.5, 0.6) is 0 Å². The van der Waals surface area contributed by atoms with Gasteiger partial charge in [0.25, 0.3) is 0 Å². The zero-order chi connectivity index (χ0) is 25.0. The highest BCUT2D eigenvalue weighted by Crippen LogP contribution is 2.40. The average Bonchev–Trinajstić information content (AvgIpc) is 3.05. The summed E-state index contributed by atoms with van der Waals surface area (Å²) in [6, 6.07) is 5.74. The zero-order valence-corrected chi connectivity index (χ0v) is 18.1. The summed E-state index contributed by atoms with van der Waals surface area (Å²) in [5, 5.41) is 9.12. The first kappa shape index (κ1) is 23.6. The van der Waals surface area contributed by atoms with Gasteiger partial charge in [-0.1, -0.05) is 12.1 Å². The number of aliphatic hydroxyl groups is 1. The Morgan fingerprint density at radius 3 is 2.53 bits per heavy atom. The minimum Gasteiger partial charge on any atom is -0.395 e. The number of carbonyl (C=O) groups excluding carboxylic acids is 1. The first-order valence-electron chi connectivity index (χ1n) is 10.2. The van der Waals surface area contributed by atoms with Crippen molar-refractivity contribution < 1.29 is 31.9 Å². The van der Waals surface area contributed by atoms with E-state index in [1.165, 1.54) is 32.0 Å². The smallest absolute Gasteiger partial charge is 0.395 e. The fraction of sp³-hybridized carbons (Fsp3) is 0.318. The molecule has 2 heterocycles. The number of imidazole rings is 1. The molecule has 3 N–H and O–H groups in total. The highest BCUT2D eigenvalue weighted by atomic mass is 19.4. The van der Waals surface area contributed by atoms with Crippen LogP contribution >= 0.6 is 0 Å². The van der Waals surface area contributed by atoms with E-state index in [2.05, 4.69) is 9.98 Å². The Balaban J connectivity index is 1.95. The molecule has 0 aliphatic carbocycles. The lowest BCUT2D eigenvalue weighted by Crippen LogP contribution is -2.50. The van der Waals surface area contributed by atoms with Gasteiger partial charge in [0.2, 0.25) is 5.91 Å². The molecule has 1 aliphatic heterocycles. The maximum absolute atomic E-state index is 15.9. The molecule has 7 nitrogen and oxygen atoms in total. The molecule has 0 saturated heterocycles. The standard InChI is InChI=1S/C22H20F5N5O2/c1-11-29-14-7-6-13(23)17(22(25,26)27)19(14)32(11)15-5-3-4-12(18(15)24)21(2)10-16(34)31(8-9-33)20(28)30-21/h3-7,33H,8-10H2,1-2H3,(H2,28,30)/t21-/m0/s1. The van der Waals surface area contributed by atoms with Gasteiger partial charge in [-0.3, -0.25) is 14.3 Å². The number of aliphatic hydroxyl groups excluding tert-OH is 1. The van der Waals surface area contributed by atoms with Gasteiger partial charge in [-0.05, 0) is 32.0 Å². The Labute approximate surface area is 190 Å². The summed E-state index contributed by atoms with van der Waals surface area (Å²) in [4.78, 5) is 22.0. The maximum Gasteiger partial charge on any atom is 0.421 e. The minimum absolute atomic E-state index is 0.00385. The van der Waals surface area contributed by atoms with Crippen molar-refractivity contribution >= 4 is 22.9 Å². The maximum atomic E-state index is 15.9. The third-order valence-electron chi connectivity index (χ3n) is 5.78. The Hall–Kier alpha value is -3.54. The van der Waals surface area contributed by atoms with Crippen molar-refractivity contribution in [3.05, 3.63) is 58.9 Å². The molecule has 1 atom stereocenters. The fourth-order valence-corrected chi connectivity index (χ4v) is 4.30. The van der Waals surface area contributed by atoms with E-state index in [0.717, 1.165) is 15.5 Å². The van der Waals surface area contributed by atoms with Crippen LogP contribution in [0.4, 0.5) is 22.0 Å². The van der Waals surface area contributed by atoms with Gasteiger partial charge in [-0.25, -0.2) is 18.8 Å². The summed E-state index contributed by atoms with van der Waals surface area (Å²) in [6.07, 6.45) is -5.35. The number of rotatable bonds is 4. The molecule has 12 heteroatoms. The van der Waals surface area contributed by atoms with E-state index in [-0.39, 0.29) is 48.1 Å². The molecule has 34 heavy (non-hydrogen) atoms. The number of hydrogen-bond donors (Lipinski definition) is 2. The summed E-state index contributed by atoms with van der Waals surface area (Å²) in [5.41, 5.74) is 1.68. The van der Waals surface area contributed by atoms with Gasteiger partial charge in [0, 0.05) is 5.56 Å². The molecule has 4 rings (SSSR count). The predicted octanol–water partition coefficient (Wildman–Crippen LogP) is 3.39. The molecule has 1 amide bonds.